The van der Waals surface area contributed by atoms with Crippen molar-refractivity contribution in [2.45, 2.75) is 75.8 Å². The summed E-state index contributed by atoms with van der Waals surface area (Å²) in [6.07, 6.45) is 6.60. The smallest absolute Gasteiger partial charge is 0.243 e. The fourth-order valence-corrected chi connectivity index (χ4v) is 5.95. The highest BCUT2D eigenvalue weighted by Crippen LogP contribution is 2.39. The van der Waals surface area contributed by atoms with E-state index in [-0.39, 0.29) is 41.3 Å². The molecule has 8 heteroatoms. The summed E-state index contributed by atoms with van der Waals surface area (Å²) in [5.41, 5.74) is 1.69. The first-order chi connectivity index (χ1) is 14.7. The van der Waals surface area contributed by atoms with Gasteiger partial charge >= 0.3 is 0 Å². The van der Waals surface area contributed by atoms with Crippen molar-refractivity contribution in [1.29, 1.82) is 0 Å². The van der Waals surface area contributed by atoms with E-state index in [1.807, 2.05) is 11.8 Å². The molecule has 2 aliphatic carbocycles. The van der Waals surface area contributed by atoms with E-state index in [1.54, 1.807) is 18.2 Å². The van der Waals surface area contributed by atoms with Crippen molar-refractivity contribution in [2.75, 3.05) is 18.5 Å². The fourth-order valence-electron chi connectivity index (χ4n) is 4.78. The van der Waals surface area contributed by atoms with Gasteiger partial charge in [-0.2, -0.15) is 4.31 Å². The summed E-state index contributed by atoms with van der Waals surface area (Å²) in [6.45, 7) is 4.02. The zero-order valence-electron chi connectivity index (χ0n) is 18.6. The fraction of sp³-hybridized carbons (Fsp3) is 0.652. The van der Waals surface area contributed by atoms with Crippen LogP contribution in [0.15, 0.2) is 23.1 Å². The maximum Gasteiger partial charge on any atom is 0.243 e. The molecule has 0 spiro atoms. The molecule has 0 saturated heterocycles. The molecule has 4 rings (SSSR count). The molecule has 1 N–H and O–H groups in total. The summed E-state index contributed by atoms with van der Waals surface area (Å²) in [7, 11) is -2.35. The monoisotopic (exact) mass is 447 g/mol. The summed E-state index contributed by atoms with van der Waals surface area (Å²) in [6, 6.07) is 5.12. The van der Waals surface area contributed by atoms with E-state index < -0.39 is 10.0 Å². The Morgan fingerprint density at radius 2 is 1.77 bits per heavy atom. The topological polar surface area (TPSA) is 86.8 Å². The van der Waals surface area contributed by atoms with Crippen LogP contribution in [0.3, 0.4) is 0 Å². The lowest BCUT2D eigenvalue weighted by Crippen LogP contribution is -2.43. The molecule has 1 aliphatic heterocycles. The summed E-state index contributed by atoms with van der Waals surface area (Å²) < 4.78 is 27.3. The average molecular weight is 448 g/mol. The molecular formula is C23H33N3O4S. The van der Waals surface area contributed by atoms with Crippen LogP contribution in [0.5, 0.6) is 0 Å². The van der Waals surface area contributed by atoms with E-state index in [0.717, 1.165) is 54.1 Å². The van der Waals surface area contributed by atoms with Gasteiger partial charge in [0.1, 0.15) is 0 Å². The van der Waals surface area contributed by atoms with Gasteiger partial charge in [0.15, 0.2) is 0 Å². The number of nitrogens with one attached hydrogen (secondary N) is 1. The molecule has 0 bridgehead atoms. The summed E-state index contributed by atoms with van der Waals surface area (Å²) in [4.78, 5) is 27.1. The third-order valence-corrected chi connectivity index (χ3v) is 8.69. The van der Waals surface area contributed by atoms with E-state index >= 15 is 0 Å². The summed E-state index contributed by atoms with van der Waals surface area (Å²) >= 11 is 0. The van der Waals surface area contributed by atoms with E-state index in [0.29, 0.717) is 12.3 Å². The molecule has 170 valence electrons. The van der Waals surface area contributed by atoms with Gasteiger partial charge in [0.05, 0.1) is 11.4 Å². The molecular weight excluding hydrogens is 414 g/mol. The highest BCUT2D eigenvalue weighted by atomic mass is 32.2. The number of benzene rings is 1. The van der Waals surface area contributed by atoms with E-state index in [4.69, 9.17) is 0 Å². The molecule has 1 unspecified atom stereocenters. The van der Waals surface area contributed by atoms with Crippen LogP contribution in [-0.4, -0.2) is 50.2 Å². The van der Waals surface area contributed by atoms with Gasteiger partial charge < -0.3 is 10.2 Å². The van der Waals surface area contributed by atoms with Crippen molar-refractivity contribution in [2.24, 2.45) is 11.8 Å². The van der Waals surface area contributed by atoms with Gasteiger partial charge in [-0.15, -0.1) is 0 Å². The largest absolute Gasteiger partial charge is 0.352 e. The average Bonchev–Trinajstić information content (AvgIpc) is 3.51. The SMILES string of the molecule is CC1CCC(NC(=O)CN(C)S(=O)(=O)c2ccc3c(c2)CC(C)N3C(=O)C2CC2)CC1. The normalized spacial score (nSPS) is 26.1. The maximum atomic E-state index is 13.1. The van der Waals surface area contributed by atoms with Crippen LogP contribution in [0.1, 0.15) is 57.9 Å². The van der Waals surface area contributed by atoms with Crippen molar-refractivity contribution < 1.29 is 18.0 Å². The Labute approximate surface area is 185 Å². The minimum absolute atomic E-state index is 0.0303. The minimum Gasteiger partial charge on any atom is -0.352 e. The van der Waals surface area contributed by atoms with E-state index in [2.05, 4.69) is 12.2 Å². The Morgan fingerprint density at radius 3 is 2.42 bits per heavy atom. The Morgan fingerprint density at radius 1 is 1.10 bits per heavy atom. The second-order valence-corrected chi connectivity index (χ2v) is 11.7. The minimum atomic E-state index is -3.80. The van der Waals surface area contributed by atoms with Crippen molar-refractivity contribution in [3.8, 4) is 0 Å². The number of carbonyl (C=O) groups is 2. The molecule has 31 heavy (non-hydrogen) atoms. The lowest BCUT2D eigenvalue weighted by Gasteiger charge is -2.27. The second kappa shape index (κ2) is 8.54. The molecule has 1 aromatic rings. The van der Waals surface area contributed by atoms with Gasteiger partial charge in [-0.25, -0.2) is 8.42 Å². The van der Waals surface area contributed by atoms with Crippen LogP contribution in [-0.2, 0) is 26.0 Å². The molecule has 7 nitrogen and oxygen atoms in total. The predicted octanol–water partition coefficient (Wildman–Crippen LogP) is 2.69. The van der Waals surface area contributed by atoms with Gasteiger partial charge in [0.25, 0.3) is 0 Å². The summed E-state index contributed by atoms with van der Waals surface area (Å²) in [5.74, 6) is 0.692. The van der Waals surface area contributed by atoms with Gasteiger partial charge in [0, 0.05) is 30.7 Å². The zero-order valence-corrected chi connectivity index (χ0v) is 19.5. The first kappa shape index (κ1) is 22.3. The van der Waals surface area contributed by atoms with Crippen molar-refractivity contribution in [1.82, 2.24) is 9.62 Å². The number of likely N-dealkylation sites (N-methyl/N-ethyl adjacent to an activating group) is 1. The predicted molar refractivity (Wildman–Crippen MR) is 119 cm³/mol. The Balaban J connectivity index is 1.43. The van der Waals surface area contributed by atoms with Crippen molar-refractivity contribution in [3.05, 3.63) is 23.8 Å². The first-order valence-electron chi connectivity index (χ1n) is 11.4. The summed E-state index contributed by atoms with van der Waals surface area (Å²) in [5, 5.41) is 2.99. The molecule has 1 atom stereocenters. The Kier molecular flexibility index (Phi) is 6.14. The molecule has 1 heterocycles. The van der Waals surface area contributed by atoms with Crippen LogP contribution < -0.4 is 10.2 Å². The molecule has 1 aromatic carbocycles. The molecule has 2 amide bonds. The van der Waals surface area contributed by atoms with Gasteiger partial charge in [-0.3, -0.25) is 9.59 Å². The van der Waals surface area contributed by atoms with Gasteiger partial charge in [-0.05, 0) is 81.5 Å². The Bertz CT molecular complexity index is 965. The third kappa shape index (κ3) is 4.65. The second-order valence-electron chi connectivity index (χ2n) is 9.61. The highest BCUT2D eigenvalue weighted by Gasteiger charge is 2.40. The Hall–Kier alpha value is -1.93. The maximum absolute atomic E-state index is 13.1. The van der Waals surface area contributed by atoms with E-state index in [1.165, 1.54) is 7.05 Å². The van der Waals surface area contributed by atoms with Crippen LogP contribution >= 0.6 is 0 Å². The molecule has 3 aliphatic rings. The number of nitrogens with zero attached hydrogens (tertiary/aromatic N) is 2. The van der Waals surface area contributed by atoms with Crippen molar-refractivity contribution in [3.63, 3.8) is 0 Å². The van der Waals surface area contributed by atoms with Crippen molar-refractivity contribution >= 4 is 27.5 Å². The van der Waals surface area contributed by atoms with Crippen LogP contribution in [0.25, 0.3) is 0 Å². The number of carbonyl (C=O) groups excluding carboxylic acids is 2. The van der Waals surface area contributed by atoms with Crippen LogP contribution in [0.2, 0.25) is 0 Å². The number of rotatable bonds is 6. The standard InChI is InChI=1S/C23H33N3O4S/c1-15-4-8-19(9-5-15)24-22(27)14-25(3)31(29,30)20-10-11-21-18(13-20)12-16(2)26(21)23(28)17-6-7-17/h10-11,13,15-17,19H,4-9,12,14H2,1-3H3,(H,24,27). The molecule has 2 fully saturated rings. The molecule has 2 saturated carbocycles. The number of hydrogen-bond donors (Lipinski definition) is 1. The zero-order chi connectivity index (χ0) is 22.3. The lowest BCUT2D eigenvalue weighted by atomic mass is 9.87. The number of hydrogen-bond acceptors (Lipinski definition) is 4. The molecule has 0 radical (unpaired) electrons. The van der Waals surface area contributed by atoms with E-state index in [9.17, 15) is 18.0 Å². The number of anilines is 1. The number of sulfonamides is 1. The number of amides is 2. The van der Waals surface area contributed by atoms with Crippen LogP contribution in [0, 0.1) is 11.8 Å². The first-order valence-corrected chi connectivity index (χ1v) is 12.8. The van der Waals surface area contributed by atoms with Crippen LogP contribution in [0.4, 0.5) is 5.69 Å². The lowest BCUT2D eigenvalue weighted by molar-refractivity contribution is -0.122. The highest BCUT2D eigenvalue weighted by molar-refractivity contribution is 7.89. The molecule has 0 aromatic heterocycles. The van der Waals surface area contributed by atoms with Gasteiger partial charge in [-0.1, -0.05) is 6.92 Å². The quantitative estimate of drug-likeness (QED) is 0.726. The van der Waals surface area contributed by atoms with Gasteiger partial charge in [0.2, 0.25) is 21.8 Å². The number of fused-ring (bicyclic) bond motifs is 1. The third-order valence-electron chi connectivity index (χ3n) is 6.89.